The van der Waals surface area contributed by atoms with Gasteiger partial charge in [-0.2, -0.15) is 0 Å². The second-order valence-corrected chi connectivity index (χ2v) is 10.2. The molecular weight excluding hydrogens is 452 g/mol. The van der Waals surface area contributed by atoms with Crippen molar-refractivity contribution in [3.05, 3.63) is 83.4 Å². The zero-order valence-corrected chi connectivity index (χ0v) is 20.3. The summed E-state index contributed by atoms with van der Waals surface area (Å²) in [5.74, 6) is 0.676. The van der Waals surface area contributed by atoms with Gasteiger partial charge >= 0.3 is 0 Å². The molecular formula is C26H28N2O5S. The van der Waals surface area contributed by atoms with Crippen LogP contribution in [0.4, 0.5) is 5.69 Å². The van der Waals surface area contributed by atoms with Gasteiger partial charge in [0.25, 0.3) is 15.9 Å². The van der Waals surface area contributed by atoms with Crippen molar-refractivity contribution in [3.63, 3.8) is 0 Å². The fourth-order valence-corrected chi connectivity index (χ4v) is 5.19. The number of benzene rings is 3. The van der Waals surface area contributed by atoms with Gasteiger partial charge in [-0.25, -0.2) is 8.42 Å². The van der Waals surface area contributed by atoms with E-state index in [1.807, 2.05) is 51.1 Å². The van der Waals surface area contributed by atoms with E-state index in [-0.39, 0.29) is 24.6 Å². The lowest BCUT2D eigenvalue weighted by Crippen LogP contribution is -2.51. The standard InChI is InChI=1S/C26H28N2O5S/c1-18-7-10-22(11-8-18)34(30,31)28-17-25(33-24-12-9-20(3)16-23(24)28)26(29)27-13-14-32-21-6-4-5-19(2)15-21/h4-12,15-16,25H,13-14,17H2,1-3H3,(H,27,29)/t25-/m0/s1. The molecule has 1 N–H and O–H groups in total. The number of ether oxygens (including phenoxy) is 2. The van der Waals surface area contributed by atoms with Crippen molar-refractivity contribution < 1.29 is 22.7 Å². The van der Waals surface area contributed by atoms with Gasteiger partial charge in [-0.15, -0.1) is 0 Å². The van der Waals surface area contributed by atoms with Gasteiger partial charge in [-0.3, -0.25) is 9.10 Å². The van der Waals surface area contributed by atoms with Gasteiger partial charge in [0.1, 0.15) is 18.1 Å². The molecule has 0 fully saturated rings. The maximum absolute atomic E-state index is 13.5. The van der Waals surface area contributed by atoms with Gasteiger partial charge in [-0.1, -0.05) is 35.9 Å². The SMILES string of the molecule is Cc1ccc(S(=O)(=O)N2C[C@@H](C(=O)NCCOc3cccc(C)c3)Oc3ccc(C)cc32)cc1. The number of carbonyl (C=O) groups excluding carboxylic acids is 1. The van der Waals surface area contributed by atoms with Crippen molar-refractivity contribution in [1.82, 2.24) is 5.32 Å². The van der Waals surface area contributed by atoms with Gasteiger partial charge in [0, 0.05) is 0 Å². The largest absolute Gasteiger partial charge is 0.492 e. The van der Waals surface area contributed by atoms with Crippen LogP contribution in [0.15, 0.2) is 71.6 Å². The van der Waals surface area contributed by atoms with Crippen LogP contribution in [0.1, 0.15) is 16.7 Å². The zero-order valence-electron chi connectivity index (χ0n) is 19.4. The number of hydrogen-bond acceptors (Lipinski definition) is 5. The van der Waals surface area contributed by atoms with Crippen molar-refractivity contribution in [2.75, 3.05) is 24.0 Å². The lowest BCUT2D eigenvalue weighted by molar-refractivity contribution is -0.127. The summed E-state index contributed by atoms with van der Waals surface area (Å²) in [5, 5.41) is 2.79. The van der Waals surface area contributed by atoms with Gasteiger partial charge < -0.3 is 14.8 Å². The first-order valence-electron chi connectivity index (χ1n) is 11.1. The minimum atomic E-state index is -3.89. The summed E-state index contributed by atoms with van der Waals surface area (Å²) in [4.78, 5) is 13.0. The molecule has 0 bridgehead atoms. The van der Waals surface area contributed by atoms with Crippen LogP contribution in [0.2, 0.25) is 0 Å². The Morgan fingerprint density at radius 1 is 1.00 bits per heavy atom. The summed E-state index contributed by atoms with van der Waals surface area (Å²) in [5.41, 5.74) is 3.36. The monoisotopic (exact) mass is 480 g/mol. The summed E-state index contributed by atoms with van der Waals surface area (Å²) in [6.45, 7) is 6.17. The maximum atomic E-state index is 13.5. The van der Waals surface area contributed by atoms with Crippen LogP contribution in [0.5, 0.6) is 11.5 Å². The Labute approximate surface area is 200 Å². The summed E-state index contributed by atoms with van der Waals surface area (Å²) in [6.07, 6.45) is -0.991. The first kappa shape index (κ1) is 23.6. The zero-order chi connectivity index (χ0) is 24.3. The van der Waals surface area contributed by atoms with Crippen LogP contribution in [0.3, 0.4) is 0 Å². The molecule has 1 aliphatic rings. The van der Waals surface area contributed by atoms with Crippen molar-refractivity contribution in [1.29, 1.82) is 0 Å². The summed E-state index contributed by atoms with van der Waals surface area (Å²) in [6, 6.07) is 19.6. The predicted octanol–water partition coefficient (Wildman–Crippen LogP) is 3.76. The number of nitrogens with one attached hydrogen (secondary N) is 1. The van der Waals surface area contributed by atoms with Crippen LogP contribution in [0.25, 0.3) is 0 Å². The molecule has 178 valence electrons. The van der Waals surface area contributed by atoms with Crippen LogP contribution in [0, 0.1) is 20.8 Å². The Kier molecular flexibility index (Phi) is 6.79. The van der Waals surface area contributed by atoms with Crippen LogP contribution in [-0.4, -0.2) is 40.1 Å². The first-order valence-corrected chi connectivity index (χ1v) is 12.5. The smallest absolute Gasteiger partial charge is 0.264 e. The second-order valence-electron chi connectivity index (χ2n) is 8.38. The Morgan fingerprint density at radius 2 is 1.71 bits per heavy atom. The minimum Gasteiger partial charge on any atom is -0.492 e. The number of aryl methyl sites for hydroxylation is 3. The highest BCUT2D eigenvalue weighted by molar-refractivity contribution is 7.92. The molecule has 34 heavy (non-hydrogen) atoms. The molecule has 0 aromatic heterocycles. The average Bonchev–Trinajstić information content (AvgIpc) is 2.81. The summed E-state index contributed by atoms with van der Waals surface area (Å²) < 4.78 is 39.8. The first-order chi connectivity index (χ1) is 16.2. The number of fused-ring (bicyclic) bond motifs is 1. The molecule has 0 spiro atoms. The number of amides is 1. The average molecular weight is 481 g/mol. The van der Waals surface area contributed by atoms with Crippen molar-refractivity contribution in [3.8, 4) is 11.5 Å². The normalized spacial score (nSPS) is 15.3. The van der Waals surface area contributed by atoms with Gasteiger partial charge in [0.15, 0.2) is 6.10 Å². The van der Waals surface area contributed by atoms with E-state index in [2.05, 4.69) is 5.32 Å². The molecule has 1 atom stereocenters. The van der Waals surface area contributed by atoms with E-state index < -0.39 is 22.0 Å². The van der Waals surface area contributed by atoms with Gasteiger partial charge in [0.05, 0.1) is 23.7 Å². The van der Waals surface area contributed by atoms with Gasteiger partial charge in [0.2, 0.25) is 0 Å². The predicted molar refractivity (Wildman–Crippen MR) is 131 cm³/mol. The van der Waals surface area contributed by atoms with Crippen LogP contribution in [-0.2, 0) is 14.8 Å². The number of nitrogens with zero attached hydrogens (tertiary/aromatic N) is 1. The van der Waals surface area contributed by atoms with E-state index in [9.17, 15) is 13.2 Å². The number of rotatable bonds is 7. The third-order valence-corrected chi connectivity index (χ3v) is 7.34. The molecule has 4 rings (SSSR count). The summed E-state index contributed by atoms with van der Waals surface area (Å²) in [7, 11) is -3.89. The Morgan fingerprint density at radius 3 is 2.44 bits per heavy atom. The van der Waals surface area contributed by atoms with Crippen LogP contribution >= 0.6 is 0 Å². The van der Waals surface area contributed by atoms with Gasteiger partial charge in [-0.05, 0) is 68.3 Å². The molecule has 1 aliphatic heterocycles. The van der Waals surface area contributed by atoms with E-state index in [1.54, 1.807) is 36.4 Å². The minimum absolute atomic E-state index is 0.128. The highest BCUT2D eigenvalue weighted by atomic mass is 32.2. The third-order valence-electron chi connectivity index (χ3n) is 5.54. The molecule has 8 heteroatoms. The quantitative estimate of drug-likeness (QED) is 0.521. The molecule has 0 saturated heterocycles. The van der Waals surface area contributed by atoms with E-state index in [4.69, 9.17) is 9.47 Å². The number of carbonyl (C=O) groups is 1. The highest BCUT2D eigenvalue weighted by Crippen LogP contribution is 2.37. The summed E-state index contributed by atoms with van der Waals surface area (Å²) >= 11 is 0. The number of anilines is 1. The molecule has 3 aromatic rings. The van der Waals surface area contributed by atoms with E-state index in [0.717, 1.165) is 22.4 Å². The fourth-order valence-electron chi connectivity index (χ4n) is 3.73. The van der Waals surface area contributed by atoms with E-state index in [0.29, 0.717) is 11.4 Å². The lowest BCUT2D eigenvalue weighted by atomic mass is 10.1. The molecule has 0 unspecified atom stereocenters. The lowest BCUT2D eigenvalue weighted by Gasteiger charge is -2.35. The maximum Gasteiger partial charge on any atom is 0.264 e. The molecule has 3 aromatic carbocycles. The third kappa shape index (κ3) is 5.17. The van der Waals surface area contributed by atoms with Crippen LogP contribution < -0.4 is 19.1 Å². The topological polar surface area (TPSA) is 84.9 Å². The molecule has 0 aliphatic carbocycles. The Bertz CT molecular complexity index is 1290. The fraction of sp³-hybridized carbons (Fsp3) is 0.269. The number of hydrogen-bond donors (Lipinski definition) is 1. The molecule has 1 amide bonds. The van der Waals surface area contributed by atoms with Crippen molar-refractivity contribution in [2.45, 2.75) is 31.8 Å². The van der Waals surface area contributed by atoms with Crippen molar-refractivity contribution in [2.24, 2.45) is 0 Å². The Balaban J connectivity index is 1.49. The van der Waals surface area contributed by atoms with E-state index in [1.165, 1.54) is 4.31 Å². The molecule has 7 nitrogen and oxygen atoms in total. The highest BCUT2D eigenvalue weighted by Gasteiger charge is 2.37. The molecule has 0 saturated carbocycles. The van der Waals surface area contributed by atoms with E-state index >= 15 is 0 Å². The molecule has 0 radical (unpaired) electrons. The molecule has 1 heterocycles. The second kappa shape index (κ2) is 9.77. The number of sulfonamides is 1. The Hall–Kier alpha value is -3.52. The van der Waals surface area contributed by atoms with Crippen molar-refractivity contribution >= 4 is 21.6 Å².